The van der Waals surface area contributed by atoms with Crippen LogP contribution in [0, 0.1) is 0 Å². The first-order valence-electron chi connectivity index (χ1n) is 7.25. The van der Waals surface area contributed by atoms with E-state index in [1.165, 1.54) is 6.07 Å². The van der Waals surface area contributed by atoms with Gasteiger partial charge >= 0.3 is 6.18 Å². The van der Waals surface area contributed by atoms with Gasteiger partial charge in [-0.25, -0.2) is 9.97 Å². The average molecular weight is 373 g/mol. The van der Waals surface area contributed by atoms with Crippen LogP contribution in [0.15, 0.2) is 30.5 Å². The van der Waals surface area contributed by atoms with Crippen LogP contribution in [0.5, 0.6) is 0 Å². The number of carbonyl (C=O) groups excluding carboxylic acids is 1. The maximum absolute atomic E-state index is 13.3. The molecular weight excluding hydrogens is 357 g/mol. The summed E-state index contributed by atoms with van der Waals surface area (Å²) in [5.74, 6) is -1.18. The van der Waals surface area contributed by atoms with E-state index in [1.807, 2.05) is 0 Å². The summed E-state index contributed by atoms with van der Waals surface area (Å²) in [4.78, 5) is 19.4. The number of hydrogen-bond donors (Lipinski definition) is 2. The molecule has 134 valence electrons. The summed E-state index contributed by atoms with van der Waals surface area (Å²) in [6.45, 7) is 4.98. The maximum atomic E-state index is 13.3. The Balaban J connectivity index is 2.38. The van der Waals surface area contributed by atoms with E-state index in [1.54, 1.807) is 39.0 Å². The Labute approximate surface area is 147 Å². The minimum absolute atomic E-state index is 0.290. The lowest BCUT2D eigenvalue weighted by Gasteiger charge is -2.21. The van der Waals surface area contributed by atoms with E-state index in [4.69, 9.17) is 11.6 Å². The Morgan fingerprint density at radius 2 is 1.88 bits per heavy atom. The number of rotatable bonds is 3. The second-order valence-corrected chi connectivity index (χ2v) is 6.73. The van der Waals surface area contributed by atoms with Gasteiger partial charge < -0.3 is 10.6 Å². The molecule has 0 aliphatic carbocycles. The Morgan fingerprint density at radius 1 is 1.20 bits per heavy atom. The summed E-state index contributed by atoms with van der Waals surface area (Å²) < 4.78 is 39.9. The number of aromatic nitrogens is 2. The molecule has 0 aliphatic rings. The number of halogens is 4. The van der Waals surface area contributed by atoms with Gasteiger partial charge in [0.1, 0.15) is 0 Å². The molecule has 0 radical (unpaired) electrons. The molecule has 0 bridgehead atoms. The van der Waals surface area contributed by atoms with Gasteiger partial charge in [-0.1, -0.05) is 17.7 Å². The standard InChI is InChI=1S/C16H16ClF3N4O/c1-15(2,3)24-13(25)11-8-21-14(23-12(11)16(18,19)20)22-10-6-4-5-9(17)7-10/h4-8H,1-3H3,(H,24,25)(H,21,22,23). The minimum Gasteiger partial charge on any atom is -0.347 e. The molecule has 1 amide bonds. The summed E-state index contributed by atoms with van der Waals surface area (Å²) >= 11 is 5.83. The summed E-state index contributed by atoms with van der Waals surface area (Å²) in [7, 11) is 0. The predicted octanol–water partition coefficient (Wildman–Crippen LogP) is 4.42. The van der Waals surface area contributed by atoms with Gasteiger partial charge in [0, 0.05) is 22.4 Å². The van der Waals surface area contributed by atoms with E-state index in [0.29, 0.717) is 10.7 Å². The van der Waals surface area contributed by atoms with Crippen molar-refractivity contribution in [1.29, 1.82) is 0 Å². The van der Waals surface area contributed by atoms with Crippen LogP contribution in [0.3, 0.4) is 0 Å². The normalized spacial score (nSPS) is 12.0. The highest BCUT2D eigenvalue weighted by atomic mass is 35.5. The molecule has 0 saturated carbocycles. The first-order chi connectivity index (χ1) is 11.5. The number of anilines is 2. The van der Waals surface area contributed by atoms with E-state index in [2.05, 4.69) is 20.6 Å². The Bertz CT molecular complexity index is 788. The average Bonchev–Trinajstić information content (AvgIpc) is 2.44. The first kappa shape index (κ1) is 19.0. The van der Waals surface area contributed by atoms with E-state index < -0.39 is 28.9 Å². The van der Waals surface area contributed by atoms with E-state index in [-0.39, 0.29) is 5.95 Å². The number of amides is 1. The van der Waals surface area contributed by atoms with Gasteiger partial charge in [0.25, 0.3) is 5.91 Å². The van der Waals surface area contributed by atoms with Gasteiger partial charge in [0.05, 0.1) is 5.56 Å². The van der Waals surface area contributed by atoms with Gasteiger partial charge in [-0.15, -0.1) is 0 Å². The summed E-state index contributed by atoms with van der Waals surface area (Å²) in [6, 6.07) is 6.36. The lowest BCUT2D eigenvalue weighted by Crippen LogP contribution is -2.41. The predicted molar refractivity (Wildman–Crippen MR) is 89.0 cm³/mol. The number of carbonyl (C=O) groups is 1. The molecular formula is C16H16ClF3N4O. The van der Waals surface area contributed by atoms with Gasteiger partial charge in [0.2, 0.25) is 5.95 Å². The van der Waals surface area contributed by atoms with Crippen LogP contribution in [0.1, 0.15) is 36.8 Å². The van der Waals surface area contributed by atoms with Gasteiger partial charge in [-0.05, 0) is 39.0 Å². The molecule has 1 heterocycles. The van der Waals surface area contributed by atoms with Crippen LogP contribution in [0.25, 0.3) is 0 Å². The van der Waals surface area contributed by atoms with Crippen LogP contribution in [0.4, 0.5) is 24.8 Å². The fourth-order valence-corrected chi connectivity index (χ4v) is 2.12. The van der Waals surface area contributed by atoms with Crippen molar-refractivity contribution in [2.75, 3.05) is 5.32 Å². The molecule has 1 aromatic carbocycles. The van der Waals surface area contributed by atoms with Gasteiger partial charge in [-0.3, -0.25) is 4.79 Å². The molecule has 2 rings (SSSR count). The summed E-state index contributed by atoms with van der Waals surface area (Å²) in [6.07, 6.45) is -3.96. The number of benzene rings is 1. The Morgan fingerprint density at radius 3 is 2.44 bits per heavy atom. The molecule has 2 aromatic rings. The SMILES string of the molecule is CC(C)(C)NC(=O)c1cnc(Nc2cccc(Cl)c2)nc1C(F)(F)F. The van der Waals surface area contributed by atoms with Crippen molar-refractivity contribution >= 4 is 29.1 Å². The molecule has 0 atom stereocenters. The molecule has 0 saturated heterocycles. The lowest BCUT2D eigenvalue weighted by atomic mass is 10.1. The first-order valence-corrected chi connectivity index (χ1v) is 7.63. The van der Waals surface area contributed by atoms with E-state index >= 15 is 0 Å². The van der Waals surface area contributed by atoms with Crippen LogP contribution in [0.2, 0.25) is 5.02 Å². The fraction of sp³-hybridized carbons (Fsp3) is 0.312. The van der Waals surface area contributed by atoms with Crippen molar-refractivity contribution in [1.82, 2.24) is 15.3 Å². The number of hydrogen-bond acceptors (Lipinski definition) is 4. The van der Waals surface area contributed by atoms with Crippen molar-refractivity contribution < 1.29 is 18.0 Å². The fourth-order valence-electron chi connectivity index (χ4n) is 1.93. The third kappa shape index (κ3) is 5.32. The van der Waals surface area contributed by atoms with Crippen LogP contribution < -0.4 is 10.6 Å². The van der Waals surface area contributed by atoms with Crippen molar-refractivity contribution in [3.8, 4) is 0 Å². The number of nitrogens with zero attached hydrogens (tertiary/aromatic N) is 2. The lowest BCUT2D eigenvalue weighted by molar-refractivity contribution is -0.141. The largest absolute Gasteiger partial charge is 0.434 e. The molecule has 5 nitrogen and oxygen atoms in total. The van der Waals surface area contributed by atoms with Crippen molar-refractivity contribution in [3.63, 3.8) is 0 Å². The van der Waals surface area contributed by atoms with Crippen LogP contribution in [-0.2, 0) is 6.18 Å². The third-order valence-corrected chi connectivity index (χ3v) is 3.11. The molecule has 25 heavy (non-hydrogen) atoms. The van der Waals surface area contributed by atoms with Crippen molar-refractivity contribution in [2.24, 2.45) is 0 Å². The summed E-state index contributed by atoms with van der Waals surface area (Å²) in [5, 5.41) is 5.51. The van der Waals surface area contributed by atoms with Gasteiger partial charge in [-0.2, -0.15) is 13.2 Å². The second kappa shape index (κ2) is 6.87. The highest BCUT2D eigenvalue weighted by Crippen LogP contribution is 2.31. The van der Waals surface area contributed by atoms with Crippen LogP contribution >= 0.6 is 11.6 Å². The topological polar surface area (TPSA) is 66.9 Å². The zero-order chi connectivity index (χ0) is 18.8. The number of nitrogens with one attached hydrogen (secondary N) is 2. The monoisotopic (exact) mass is 372 g/mol. The Hall–Kier alpha value is -2.35. The molecule has 1 aromatic heterocycles. The van der Waals surface area contributed by atoms with Crippen LogP contribution in [-0.4, -0.2) is 21.4 Å². The highest BCUT2D eigenvalue weighted by Gasteiger charge is 2.38. The van der Waals surface area contributed by atoms with Gasteiger partial charge in [0.15, 0.2) is 5.69 Å². The zero-order valence-electron chi connectivity index (χ0n) is 13.7. The molecule has 9 heteroatoms. The molecule has 0 spiro atoms. The molecule has 0 unspecified atom stereocenters. The smallest absolute Gasteiger partial charge is 0.347 e. The van der Waals surface area contributed by atoms with E-state index in [0.717, 1.165) is 6.20 Å². The molecule has 2 N–H and O–H groups in total. The minimum atomic E-state index is -4.81. The molecule has 0 fully saturated rings. The number of alkyl halides is 3. The second-order valence-electron chi connectivity index (χ2n) is 6.29. The zero-order valence-corrected chi connectivity index (χ0v) is 14.5. The maximum Gasteiger partial charge on any atom is 0.434 e. The molecule has 0 aliphatic heterocycles. The van der Waals surface area contributed by atoms with Crippen molar-refractivity contribution in [3.05, 3.63) is 46.7 Å². The van der Waals surface area contributed by atoms with Crippen molar-refractivity contribution in [2.45, 2.75) is 32.5 Å². The van der Waals surface area contributed by atoms with E-state index in [9.17, 15) is 18.0 Å². The third-order valence-electron chi connectivity index (χ3n) is 2.87. The Kier molecular flexibility index (Phi) is 5.22. The summed E-state index contributed by atoms with van der Waals surface area (Å²) in [5.41, 5.74) is -2.22. The highest BCUT2D eigenvalue weighted by molar-refractivity contribution is 6.30. The quantitative estimate of drug-likeness (QED) is 0.837.